The van der Waals surface area contributed by atoms with Crippen LogP contribution >= 0.6 is 27.5 Å². The van der Waals surface area contributed by atoms with Gasteiger partial charge in [0.25, 0.3) is 0 Å². The number of morpholine rings is 1. The zero-order valence-electron chi connectivity index (χ0n) is 9.79. The summed E-state index contributed by atoms with van der Waals surface area (Å²) in [5.74, 6) is 0. The van der Waals surface area contributed by atoms with Gasteiger partial charge in [0.15, 0.2) is 0 Å². The predicted molar refractivity (Wildman–Crippen MR) is 72.5 cm³/mol. The number of aromatic nitrogens is 1. The lowest BCUT2D eigenvalue weighted by molar-refractivity contribution is 0.0109. The highest BCUT2D eigenvalue weighted by atomic mass is 79.9. The lowest BCUT2D eigenvalue weighted by Gasteiger charge is -2.33. The van der Waals surface area contributed by atoms with E-state index >= 15 is 0 Å². The number of rotatable bonds is 3. The summed E-state index contributed by atoms with van der Waals surface area (Å²) in [5.41, 5.74) is 0. The van der Waals surface area contributed by atoms with Gasteiger partial charge in [-0.15, -0.1) is 0 Å². The third-order valence-electron chi connectivity index (χ3n) is 2.74. The van der Waals surface area contributed by atoms with Crippen LogP contribution in [0.1, 0.15) is 0 Å². The zero-order valence-corrected chi connectivity index (χ0v) is 12.9. The van der Waals surface area contributed by atoms with Crippen LogP contribution in [-0.2, 0) is 14.8 Å². The standard InChI is InChI=1S/C10H12BrClN2O4S/c11-7-3-9(10(12)13-4-7)19(16,17)14-1-2-18-6-8(14)5-15/h3-4,8,15H,1-2,5-6H2. The van der Waals surface area contributed by atoms with Crippen molar-refractivity contribution in [3.05, 3.63) is 21.9 Å². The minimum atomic E-state index is -3.81. The van der Waals surface area contributed by atoms with Crippen molar-refractivity contribution < 1.29 is 18.3 Å². The lowest BCUT2D eigenvalue weighted by Crippen LogP contribution is -2.50. The Balaban J connectivity index is 2.43. The molecule has 9 heteroatoms. The molecule has 6 nitrogen and oxygen atoms in total. The van der Waals surface area contributed by atoms with Crippen molar-refractivity contribution in [3.8, 4) is 0 Å². The molecule has 1 aliphatic heterocycles. The highest BCUT2D eigenvalue weighted by Crippen LogP contribution is 2.27. The molecule has 1 fully saturated rings. The van der Waals surface area contributed by atoms with Gasteiger partial charge in [-0.05, 0) is 22.0 Å². The maximum atomic E-state index is 12.5. The highest BCUT2D eigenvalue weighted by Gasteiger charge is 2.35. The van der Waals surface area contributed by atoms with E-state index in [2.05, 4.69) is 20.9 Å². The van der Waals surface area contributed by atoms with Crippen LogP contribution in [0.3, 0.4) is 0 Å². The molecule has 106 valence electrons. The Hall–Kier alpha value is -0.250. The minimum absolute atomic E-state index is 0.0797. The summed E-state index contributed by atoms with van der Waals surface area (Å²) >= 11 is 9.03. The number of nitrogens with zero attached hydrogens (tertiary/aromatic N) is 2. The molecule has 1 N–H and O–H groups in total. The van der Waals surface area contributed by atoms with E-state index in [1.165, 1.54) is 16.6 Å². The van der Waals surface area contributed by atoms with Gasteiger partial charge in [-0.3, -0.25) is 0 Å². The van der Waals surface area contributed by atoms with Crippen molar-refractivity contribution in [2.24, 2.45) is 0 Å². The van der Waals surface area contributed by atoms with Crippen molar-refractivity contribution in [2.75, 3.05) is 26.4 Å². The Morgan fingerprint density at radius 3 is 3.05 bits per heavy atom. The summed E-state index contributed by atoms with van der Waals surface area (Å²) in [6.45, 7) is 0.318. The number of pyridine rings is 1. The Bertz CT molecular complexity index is 569. The smallest absolute Gasteiger partial charge is 0.246 e. The van der Waals surface area contributed by atoms with Gasteiger partial charge in [0.05, 0.1) is 25.9 Å². The van der Waals surface area contributed by atoms with Crippen molar-refractivity contribution >= 4 is 37.6 Å². The number of ether oxygens (including phenoxy) is 1. The average molecular weight is 372 g/mol. The van der Waals surface area contributed by atoms with Crippen molar-refractivity contribution in [1.82, 2.24) is 9.29 Å². The van der Waals surface area contributed by atoms with E-state index in [4.69, 9.17) is 16.3 Å². The zero-order chi connectivity index (χ0) is 14.0. The topological polar surface area (TPSA) is 79.7 Å². The second-order valence-electron chi connectivity index (χ2n) is 3.97. The molecule has 0 bridgehead atoms. The third kappa shape index (κ3) is 3.09. The first-order valence-electron chi connectivity index (χ1n) is 5.48. The van der Waals surface area contributed by atoms with Gasteiger partial charge >= 0.3 is 0 Å². The molecular weight excluding hydrogens is 360 g/mol. The quantitative estimate of drug-likeness (QED) is 0.798. The average Bonchev–Trinajstić information content (AvgIpc) is 2.41. The van der Waals surface area contributed by atoms with Gasteiger partial charge in [0.2, 0.25) is 10.0 Å². The molecule has 1 aromatic heterocycles. The van der Waals surface area contributed by atoms with E-state index in [0.717, 1.165) is 0 Å². The van der Waals surface area contributed by atoms with Crippen LogP contribution in [0.15, 0.2) is 21.6 Å². The molecule has 1 aromatic rings. The molecule has 1 atom stereocenters. The molecule has 0 aliphatic carbocycles. The van der Waals surface area contributed by atoms with Crippen LogP contribution in [0.2, 0.25) is 5.15 Å². The normalized spacial score (nSPS) is 21.5. The van der Waals surface area contributed by atoms with Crippen LogP contribution < -0.4 is 0 Å². The van der Waals surface area contributed by atoms with Gasteiger partial charge in [0.1, 0.15) is 10.0 Å². The number of hydrogen-bond acceptors (Lipinski definition) is 5. The van der Waals surface area contributed by atoms with Crippen LogP contribution in [0.4, 0.5) is 0 Å². The Kier molecular flexibility index (Phi) is 4.80. The third-order valence-corrected chi connectivity index (χ3v) is 5.56. The summed E-state index contributed by atoms with van der Waals surface area (Å²) in [5, 5.41) is 9.16. The summed E-state index contributed by atoms with van der Waals surface area (Å²) in [4.78, 5) is 3.73. The molecular formula is C10H12BrClN2O4S. The first-order chi connectivity index (χ1) is 8.96. The van der Waals surface area contributed by atoms with Crippen molar-refractivity contribution in [3.63, 3.8) is 0 Å². The number of aliphatic hydroxyl groups is 1. The Morgan fingerprint density at radius 2 is 2.37 bits per heavy atom. The number of hydrogen-bond donors (Lipinski definition) is 1. The molecule has 0 aromatic carbocycles. The minimum Gasteiger partial charge on any atom is -0.395 e. The molecule has 19 heavy (non-hydrogen) atoms. The Morgan fingerprint density at radius 1 is 1.63 bits per heavy atom. The van der Waals surface area contributed by atoms with Crippen molar-refractivity contribution in [2.45, 2.75) is 10.9 Å². The predicted octanol–water partition coefficient (Wildman–Crippen LogP) is 0.879. The molecule has 0 saturated carbocycles. The van der Waals surface area contributed by atoms with Crippen molar-refractivity contribution in [1.29, 1.82) is 0 Å². The monoisotopic (exact) mass is 370 g/mol. The van der Waals surface area contributed by atoms with Crippen LogP contribution in [0.5, 0.6) is 0 Å². The van der Waals surface area contributed by atoms with Gasteiger partial charge in [-0.2, -0.15) is 4.31 Å². The van der Waals surface area contributed by atoms with Gasteiger partial charge in [-0.25, -0.2) is 13.4 Å². The molecule has 0 radical (unpaired) electrons. The summed E-state index contributed by atoms with van der Waals surface area (Å²) in [6, 6.07) is 0.794. The van der Waals surface area contributed by atoms with Gasteiger partial charge < -0.3 is 9.84 Å². The molecule has 1 unspecified atom stereocenters. The number of sulfonamides is 1. The van der Waals surface area contributed by atoms with Gasteiger partial charge in [0, 0.05) is 17.2 Å². The van der Waals surface area contributed by atoms with Crippen LogP contribution in [0, 0.1) is 0 Å². The first-order valence-corrected chi connectivity index (χ1v) is 8.09. The molecule has 0 amide bonds. The van der Waals surface area contributed by atoms with E-state index in [0.29, 0.717) is 4.47 Å². The molecule has 2 heterocycles. The number of aliphatic hydroxyl groups excluding tert-OH is 1. The fourth-order valence-corrected chi connectivity index (χ4v) is 4.32. The first kappa shape index (κ1) is 15.1. The van der Waals surface area contributed by atoms with E-state index in [9.17, 15) is 13.5 Å². The van der Waals surface area contributed by atoms with E-state index < -0.39 is 16.1 Å². The molecule has 1 aliphatic rings. The fraction of sp³-hybridized carbons (Fsp3) is 0.500. The van der Waals surface area contributed by atoms with E-state index in [1.54, 1.807) is 0 Å². The second kappa shape index (κ2) is 6.02. The van der Waals surface area contributed by atoms with Gasteiger partial charge in [-0.1, -0.05) is 11.6 Å². The largest absolute Gasteiger partial charge is 0.395 e. The maximum absolute atomic E-state index is 12.5. The van der Waals surface area contributed by atoms with E-state index in [1.807, 2.05) is 0 Å². The number of halogens is 2. The maximum Gasteiger partial charge on any atom is 0.246 e. The summed E-state index contributed by atoms with van der Waals surface area (Å²) < 4.78 is 32.0. The van der Waals surface area contributed by atoms with Crippen LogP contribution in [0.25, 0.3) is 0 Å². The molecule has 2 rings (SSSR count). The summed E-state index contributed by atoms with van der Waals surface area (Å²) in [6.07, 6.45) is 1.42. The SMILES string of the molecule is O=S(=O)(c1cc(Br)cnc1Cl)N1CCOCC1CO. The molecule has 0 spiro atoms. The highest BCUT2D eigenvalue weighted by molar-refractivity contribution is 9.10. The lowest BCUT2D eigenvalue weighted by atomic mass is 10.3. The Labute approximate surface area is 124 Å². The fourth-order valence-electron chi connectivity index (χ4n) is 1.81. The van der Waals surface area contributed by atoms with E-state index in [-0.39, 0.29) is 36.4 Å². The molecule has 1 saturated heterocycles. The summed E-state index contributed by atoms with van der Waals surface area (Å²) in [7, 11) is -3.81. The van der Waals surface area contributed by atoms with Crippen LogP contribution in [-0.4, -0.2) is 55.2 Å². The second-order valence-corrected chi connectivity index (χ2v) is 7.10.